The lowest BCUT2D eigenvalue weighted by atomic mass is 10.1. The minimum atomic E-state index is -4.45. The molecule has 1 saturated heterocycles. The third-order valence-electron chi connectivity index (χ3n) is 5.16. The number of carbonyl (C=O) groups is 1. The molecule has 10 heteroatoms. The van der Waals surface area contributed by atoms with Gasteiger partial charge in [-0.3, -0.25) is 4.79 Å². The number of nitrogens with zero attached hydrogens (tertiary/aromatic N) is 4. The van der Waals surface area contributed by atoms with E-state index in [2.05, 4.69) is 15.3 Å². The molecule has 1 amide bonds. The highest BCUT2D eigenvalue weighted by Gasteiger charge is 2.33. The second-order valence-corrected chi connectivity index (χ2v) is 7.08. The van der Waals surface area contributed by atoms with E-state index in [0.29, 0.717) is 42.9 Å². The minimum absolute atomic E-state index is 0.0596. The number of fused-ring (bicyclic) bond motifs is 1. The van der Waals surface area contributed by atoms with Crippen LogP contribution in [0.25, 0.3) is 11.0 Å². The van der Waals surface area contributed by atoms with Crippen LogP contribution in [0.1, 0.15) is 21.5 Å². The smallest absolute Gasteiger partial charge is 0.378 e. The number of pyridine rings is 1. The molecule has 1 N–H and O–H groups in total. The highest BCUT2D eigenvalue weighted by atomic mass is 19.4. The van der Waals surface area contributed by atoms with Crippen molar-refractivity contribution in [1.29, 1.82) is 0 Å². The molecule has 0 aliphatic carbocycles. The van der Waals surface area contributed by atoms with Gasteiger partial charge < -0.3 is 19.5 Å². The Kier molecular flexibility index (Phi) is 5.10. The predicted octanol–water partition coefficient (Wildman–Crippen LogP) is 3.51. The fraction of sp³-hybridized carbons (Fsp3) is 0.350. The van der Waals surface area contributed by atoms with Gasteiger partial charge in [0.1, 0.15) is 5.52 Å². The topological polar surface area (TPSA) is 72.3 Å². The maximum Gasteiger partial charge on any atom is 0.416 e. The van der Waals surface area contributed by atoms with E-state index in [0.717, 1.165) is 6.07 Å². The second kappa shape index (κ2) is 7.60. The van der Waals surface area contributed by atoms with Gasteiger partial charge in [-0.1, -0.05) is 6.07 Å². The first kappa shape index (κ1) is 20.1. The SMILES string of the molecule is Cc1c(Nc2ncc(C(=O)N3CCOCC3)c3c2ncn3C)cccc1C(F)(F)F. The van der Waals surface area contributed by atoms with Gasteiger partial charge in [0.15, 0.2) is 5.82 Å². The second-order valence-electron chi connectivity index (χ2n) is 7.08. The summed E-state index contributed by atoms with van der Waals surface area (Å²) in [5.41, 5.74) is 0.977. The van der Waals surface area contributed by atoms with Crippen LogP contribution < -0.4 is 5.32 Å². The fourth-order valence-electron chi connectivity index (χ4n) is 3.56. The summed E-state index contributed by atoms with van der Waals surface area (Å²) in [5, 5.41) is 2.95. The van der Waals surface area contributed by atoms with Crippen LogP contribution in [0.4, 0.5) is 24.7 Å². The Morgan fingerprint density at radius 1 is 1.20 bits per heavy atom. The van der Waals surface area contributed by atoms with Gasteiger partial charge >= 0.3 is 6.18 Å². The number of anilines is 2. The lowest BCUT2D eigenvalue weighted by Gasteiger charge is -2.27. The van der Waals surface area contributed by atoms with Crippen molar-refractivity contribution in [3.8, 4) is 0 Å². The molecule has 1 aliphatic heterocycles. The normalized spacial score (nSPS) is 14.9. The summed E-state index contributed by atoms with van der Waals surface area (Å²) in [6, 6.07) is 3.92. The third-order valence-corrected chi connectivity index (χ3v) is 5.16. The van der Waals surface area contributed by atoms with Gasteiger partial charge in [0.05, 0.1) is 36.2 Å². The zero-order valence-electron chi connectivity index (χ0n) is 16.5. The lowest BCUT2D eigenvalue weighted by molar-refractivity contribution is -0.138. The number of imidazole rings is 1. The van der Waals surface area contributed by atoms with Crippen LogP contribution in [0.3, 0.4) is 0 Å². The standard InChI is InChI=1S/C20H20F3N5O2/c1-12-14(20(21,22)23)4-3-5-15(12)26-18-16-17(27(2)11-25-16)13(10-24-18)19(29)28-6-8-30-9-7-28/h3-5,10-11H,6-9H2,1-2H3,(H,24,26). The molecular formula is C20H20F3N5O2. The molecule has 158 valence electrons. The molecule has 1 aliphatic rings. The number of alkyl halides is 3. The van der Waals surface area contributed by atoms with E-state index in [1.54, 1.807) is 28.9 Å². The number of aromatic nitrogens is 3. The predicted molar refractivity (Wildman–Crippen MR) is 105 cm³/mol. The Balaban J connectivity index is 1.73. The first-order valence-electron chi connectivity index (χ1n) is 9.38. The molecule has 2 aromatic heterocycles. The van der Waals surface area contributed by atoms with Crippen LogP contribution in [0.15, 0.2) is 30.7 Å². The fourth-order valence-corrected chi connectivity index (χ4v) is 3.56. The highest BCUT2D eigenvalue weighted by Crippen LogP contribution is 2.36. The quantitative estimate of drug-likeness (QED) is 0.704. The minimum Gasteiger partial charge on any atom is -0.378 e. The van der Waals surface area contributed by atoms with E-state index in [1.807, 2.05) is 0 Å². The summed E-state index contributed by atoms with van der Waals surface area (Å²) < 4.78 is 46.7. The number of ether oxygens (including phenoxy) is 1. The van der Waals surface area contributed by atoms with Gasteiger partial charge in [0.2, 0.25) is 0 Å². The molecule has 7 nitrogen and oxygen atoms in total. The van der Waals surface area contributed by atoms with E-state index >= 15 is 0 Å². The number of amides is 1. The molecule has 3 aromatic rings. The van der Waals surface area contributed by atoms with Crippen molar-refractivity contribution >= 4 is 28.4 Å². The van der Waals surface area contributed by atoms with Crippen LogP contribution in [0, 0.1) is 6.92 Å². The van der Waals surface area contributed by atoms with Crippen molar-refractivity contribution in [1.82, 2.24) is 19.4 Å². The molecule has 30 heavy (non-hydrogen) atoms. The number of morpholine rings is 1. The average molecular weight is 419 g/mol. The number of hydrogen-bond acceptors (Lipinski definition) is 5. The first-order valence-corrected chi connectivity index (χ1v) is 9.38. The van der Waals surface area contributed by atoms with E-state index in [4.69, 9.17) is 4.74 Å². The number of hydrogen-bond donors (Lipinski definition) is 1. The van der Waals surface area contributed by atoms with Gasteiger partial charge in [-0.05, 0) is 24.6 Å². The molecule has 0 saturated carbocycles. The Morgan fingerprint density at radius 3 is 2.63 bits per heavy atom. The van der Waals surface area contributed by atoms with E-state index < -0.39 is 11.7 Å². The van der Waals surface area contributed by atoms with Crippen molar-refractivity contribution in [3.63, 3.8) is 0 Å². The van der Waals surface area contributed by atoms with Gasteiger partial charge in [-0.25, -0.2) is 9.97 Å². The van der Waals surface area contributed by atoms with Gasteiger partial charge in [-0.15, -0.1) is 0 Å². The first-order chi connectivity index (χ1) is 14.3. The van der Waals surface area contributed by atoms with E-state index in [9.17, 15) is 18.0 Å². The number of benzene rings is 1. The summed E-state index contributed by atoms with van der Waals surface area (Å²) >= 11 is 0. The third kappa shape index (κ3) is 3.58. The molecular weight excluding hydrogens is 399 g/mol. The maximum atomic E-state index is 13.2. The number of aryl methyl sites for hydroxylation is 1. The molecule has 3 heterocycles. The zero-order valence-corrected chi connectivity index (χ0v) is 16.5. The van der Waals surface area contributed by atoms with Crippen LogP contribution in [-0.2, 0) is 18.0 Å². The van der Waals surface area contributed by atoms with Gasteiger partial charge in [0.25, 0.3) is 5.91 Å². The number of nitrogens with one attached hydrogen (secondary N) is 1. The molecule has 4 rings (SSSR count). The van der Waals surface area contributed by atoms with Crippen molar-refractivity contribution in [2.75, 3.05) is 31.6 Å². The van der Waals surface area contributed by atoms with Crippen molar-refractivity contribution < 1.29 is 22.7 Å². The molecule has 0 radical (unpaired) electrons. The van der Waals surface area contributed by atoms with E-state index in [1.165, 1.54) is 19.2 Å². The van der Waals surface area contributed by atoms with Gasteiger partial charge in [-0.2, -0.15) is 13.2 Å². The van der Waals surface area contributed by atoms with Crippen LogP contribution in [0.2, 0.25) is 0 Å². The number of carbonyl (C=O) groups excluding carboxylic acids is 1. The van der Waals surface area contributed by atoms with Crippen molar-refractivity contribution in [3.05, 3.63) is 47.4 Å². The monoisotopic (exact) mass is 419 g/mol. The largest absolute Gasteiger partial charge is 0.416 e. The molecule has 0 atom stereocenters. The summed E-state index contributed by atoms with van der Waals surface area (Å²) in [4.78, 5) is 23.3. The van der Waals surface area contributed by atoms with Crippen molar-refractivity contribution in [2.24, 2.45) is 7.05 Å². The Morgan fingerprint density at radius 2 is 1.93 bits per heavy atom. The van der Waals surface area contributed by atoms with Gasteiger partial charge in [0, 0.05) is 32.0 Å². The Labute approximate surface area is 170 Å². The van der Waals surface area contributed by atoms with E-state index in [-0.39, 0.29) is 23.0 Å². The zero-order chi connectivity index (χ0) is 21.5. The summed E-state index contributed by atoms with van der Waals surface area (Å²) in [7, 11) is 1.75. The summed E-state index contributed by atoms with van der Waals surface area (Å²) in [5.74, 6) is 0.104. The Hall–Kier alpha value is -3.14. The molecule has 0 bridgehead atoms. The van der Waals surface area contributed by atoms with Crippen LogP contribution >= 0.6 is 0 Å². The maximum absolute atomic E-state index is 13.2. The average Bonchev–Trinajstić information content (AvgIpc) is 3.11. The van der Waals surface area contributed by atoms with Crippen molar-refractivity contribution in [2.45, 2.75) is 13.1 Å². The molecule has 0 spiro atoms. The Bertz CT molecular complexity index is 1100. The lowest BCUT2D eigenvalue weighted by Crippen LogP contribution is -2.40. The van der Waals surface area contributed by atoms with Crippen LogP contribution in [0.5, 0.6) is 0 Å². The highest BCUT2D eigenvalue weighted by molar-refractivity contribution is 6.07. The number of rotatable bonds is 3. The summed E-state index contributed by atoms with van der Waals surface area (Å²) in [6.07, 6.45) is -1.47. The van der Waals surface area contributed by atoms with Crippen LogP contribution in [-0.4, -0.2) is 51.6 Å². The summed E-state index contributed by atoms with van der Waals surface area (Å²) in [6.45, 7) is 3.32. The molecule has 1 fully saturated rings. The molecule has 1 aromatic carbocycles. The molecule has 0 unspecified atom stereocenters. The number of halogens is 3.